The minimum Gasteiger partial charge on any atom is -0.395 e. The number of nitrogens with zero attached hydrogens (tertiary/aromatic N) is 4. The van der Waals surface area contributed by atoms with Gasteiger partial charge in [0.2, 0.25) is 35.9 Å². The summed E-state index contributed by atoms with van der Waals surface area (Å²) in [4.78, 5) is 0.205. The second-order valence-corrected chi connectivity index (χ2v) is 13.4. The largest absolute Gasteiger partial charge is 0.395 e. The maximum absolute atomic E-state index is 13.1. The van der Waals surface area contributed by atoms with Crippen LogP contribution in [-0.4, -0.2) is 102 Å². The summed E-state index contributed by atoms with van der Waals surface area (Å²) in [7, 11) is -12.9. The van der Waals surface area contributed by atoms with Crippen LogP contribution in [0.4, 0.5) is 5.69 Å². The molecule has 0 spiro atoms. The number of hydrogen-bond donors (Lipinski definition) is 7. The molecule has 1 saturated heterocycles. The fourth-order valence-corrected chi connectivity index (χ4v) is 8.27. The number of sulfonamides is 3. The molecule has 2 heterocycles. The van der Waals surface area contributed by atoms with E-state index in [1.54, 1.807) is 4.90 Å². The van der Waals surface area contributed by atoms with Crippen LogP contribution < -0.4 is 31.0 Å². The van der Waals surface area contributed by atoms with Crippen molar-refractivity contribution in [3.8, 4) is 11.4 Å². The van der Waals surface area contributed by atoms with Crippen LogP contribution in [0.3, 0.4) is 0 Å². The Balaban J connectivity index is 2.11. The van der Waals surface area contributed by atoms with Gasteiger partial charge in [-0.25, -0.2) is 39.8 Å². The Morgan fingerprint density at radius 1 is 1.14 bits per heavy atom. The summed E-state index contributed by atoms with van der Waals surface area (Å²) in [6.07, 6.45) is 0.402. The van der Waals surface area contributed by atoms with Crippen molar-refractivity contribution < 1.29 is 30.4 Å². The molecule has 0 saturated carbocycles. The summed E-state index contributed by atoms with van der Waals surface area (Å²) < 4.78 is 81.4. The number of piperidine rings is 1. The average Bonchev–Trinajstić information content (AvgIpc) is 3.39. The predicted molar refractivity (Wildman–Crippen MR) is 132 cm³/mol. The third-order valence-electron chi connectivity index (χ3n) is 5.74. The zero-order valence-corrected chi connectivity index (χ0v) is 22.1. The molecule has 0 aliphatic carbocycles. The van der Waals surface area contributed by atoms with Gasteiger partial charge in [-0.3, -0.25) is 0 Å². The monoisotopic (exact) mass is 582 g/mol. The van der Waals surface area contributed by atoms with Crippen molar-refractivity contribution in [2.24, 2.45) is 16.6 Å². The van der Waals surface area contributed by atoms with E-state index in [0.717, 1.165) is 6.07 Å². The molecule has 17 nitrogen and oxygen atoms in total. The van der Waals surface area contributed by atoms with Crippen molar-refractivity contribution >= 4 is 35.8 Å². The number of benzene rings is 1. The van der Waals surface area contributed by atoms with Gasteiger partial charge in [-0.15, -0.1) is 10.2 Å². The van der Waals surface area contributed by atoms with E-state index < -0.39 is 57.8 Å². The van der Waals surface area contributed by atoms with Crippen molar-refractivity contribution in [2.45, 2.75) is 33.9 Å². The molecule has 0 bridgehead atoms. The molecule has 20 heteroatoms. The van der Waals surface area contributed by atoms with Crippen LogP contribution in [0.25, 0.3) is 11.4 Å². The number of aromatic amines is 1. The van der Waals surface area contributed by atoms with E-state index in [1.807, 2.05) is 0 Å². The number of H-pyrrole nitrogens is 1. The number of hydrogen-bond acceptors (Lipinski definition) is 13. The predicted octanol–water partition coefficient (Wildman–Crippen LogP) is -4.04. The minimum atomic E-state index is -4.71. The number of tetrazole rings is 1. The first-order chi connectivity index (χ1) is 17.4. The lowest BCUT2D eigenvalue weighted by atomic mass is 10.1. The smallest absolute Gasteiger partial charge is 0.242 e. The molecule has 1 unspecified atom stereocenters. The first-order valence-corrected chi connectivity index (χ1v) is 15.6. The first-order valence-electron chi connectivity index (χ1n) is 11.1. The van der Waals surface area contributed by atoms with Crippen LogP contribution in [0.2, 0.25) is 0 Å². The Bertz CT molecular complexity index is 1390. The van der Waals surface area contributed by atoms with Crippen LogP contribution in [0.5, 0.6) is 0 Å². The summed E-state index contributed by atoms with van der Waals surface area (Å²) in [5, 5.41) is 27.5. The molecular weight excluding hydrogens is 552 g/mol. The van der Waals surface area contributed by atoms with E-state index in [9.17, 15) is 30.4 Å². The standard InChI is InChI=1S/C17H30N10O7S3/c18-5-6-21-36(31,32)12-3-7-27(8-4-12)13-1-2-14(37(33,34)24-11(9-19)10-28)16(35(20,29)30)15(13)17-22-25-26-23-17/h1-2,11-12,21,24,28H,3-10,18-19H2,(H2,20,29,30)(H,22,23,25,26). The molecule has 1 atom stereocenters. The van der Waals surface area contributed by atoms with Gasteiger partial charge in [-0.1, -0.05) is 0 Å². The highest BCUT2D eigenvalue weighted by Crippen LogP contribution is 2.39. The lowest BCUT2D eigenvalue weighted by Crippen LogP contribution is -2.45. The van der Waals surface area contributed by atoms with Gasteiger partial charge in [0.25, 0.3) is 0 Å². The zero-order chi connectivity index (χ0) is 27.4. The third kappa shape index (κ3) is 6.59. The van der Waals surface area contributed by atoms with E-state index in [0.29, 0.717) is 0 Å². The molecule has 10 N–H and O–H groups in total. The van der Waals surface area contributed by atoms with Gasteiger partial charge in [-0.05, 0) is 30.2 Å². The van der Waals surface area contributed by atoms with E-state index >= 15 is 0 Å². The van der Waals surface area contributed by atoms with Crippen LogP contribution in [0, 0.1) is 0 Å². The molecular formula is C17H30N10O7S3. The highest BCUT2D eigenvalue weighted by Gasteiger charge is 2.36. The number of aliphatic hydroxyl groups is 1. The zero-order valence-electron chi connectivity index (χ0n) is 19.6. The molecule has 1 aromatic heterocycles. The number of primary sulfonamides is 1. The number of anilines is 1. The SMILES string of the molecule is NCCNS(=O)(=O)C1CCN(c2ccc(S(=O)(=O)NC(CN)CO)c(S(N)(=O)=O)c2-c2nn[nH]n2)CC1. The second-order valence-electron chi connectivity index (χ2n) is 8.22. The Hall–Kier alpha value is -2.30. The molecule has 0 radical (unpaired) electrons. The molecule has 0 amide bonds. The van der Waals surface area contributed by atoms with Crippen molar-refractivity contribution in [3.63, 3.8) is 0 Å². The fourth-order valence-electron chi connectivity index (χ4n) is 3.96. The summed E-state index contributed by atoms with van der Waals surface area (Å²) in [6.45, 7) is -0.257. The van der Waals surface area contributed by atoms with Gasteiger partial charge in [-0.2, -0.15) is 5.21 Å². The van der Waals surface area contributed by atoms with Crippen molar-refractivity contribution in [1.82, 2.24) is 30.1 Å². The van der Waals surface area contributed by atoms with Gasteiger partial charge in [0.15, 0.2) is 0 Å². The highest BCUT2D eigenvalue weighted by atomic mass is 32.2. The normalized spacial score (nSPS) is 16.7. The third-order valence-corrected chi connectivity index (χ3v) is 10.4. The summed E-state index contributed by atoms with van der Waals surface area (Å²) >= 11 is 0. The van der Waals surface area contributed by atoms with Crippen molar-refractivity contribution in [1.29, 1.82) is 0 Å². The molecule has 208 valence electrons. The summed E-state index contributed by atoms with van der Waals surface area (Å²) in [5.74, 6) is -0.243. The molecule has 1 aliphatic rings. The van der Waals surface area contributed by atoms with Gasteiger partial charge in [0.1, 0.15) is 9.79 Å². The molecule has 1 aliphatic heterocycles. The molecule has 37 heavy (non-hydrogen) atoms. The minimum absolute atomic E-state index is 0.105. The second kappa shape index (κ2) is 11.6. The number of aliphatic hydroxyl groups excluding tert-OH is 1. The summed E-state index contributed by atoms with van der Waals surface area (Å²) in [5.41, 5.74) is 10.8. The van der Waals surface area contributed by atoms with Gasteiger partial charge in [0, 0.05) is 38.4 Å². The van der Waals surface area contributed by atoms with Crippen LogP contribution in [0.15, 0.2) is 21.9 Å². The first kappa shape index (κ1) is 29.3. The highest BCUT2D eigenvalue weighted by molar-refractivity contribution is 7.92. The number of rotatable bonds is 12. The molecule has 2 aromatic rings. The number of nitrogens with two attached hydrogens (primary N) is 3. The maximum Gasteiger partial charge on any atom is 0.242 e. The van der Waals surface area contributed by atoms with Crippen LogP contribution >= 0.6 is 0 Å². The van der Waals surface area contributed by atoms with Gasteiger partial charge in [0.05, 0.1) is 23.5 Å². The Morgan fingerprint density at radius 3 is 2.32 bits per heavy atom. The topological polar surface area (TPSA) is 282 Å². The fraction of sp³-hybridized carbons (Fsp3) is 0.588. The Labute approximate surface area is 214 Å². The van der Waals surface area contributed by atoms with Gasteiger partial charge >= 0.3 is 0 Å². The molecule has 3 rings (SSSR count). The molecule has 1 aromatic carbocycles. The summed E-state index contributed by atoms with van der Waals surface area (Å²) in [6, 6.07) is 1.32. The van der Waals surface area contributed by atoms with E-state index in [1.165, 1.54) is 6.07 Å². The Morgan fingerprint density at radius 2 is 1.81 bits per heavy atom. The van der Waals surface area contributed by atoms with Crippen LogP contribution in [-0.2, 0) is 30.1 Å². The van der Waals surface area contributed by atoms with Crippen molar-refractivity contribution in [3.05, 3.63) is 12.1 Å². The average molecular weight is 583 g/mol. The van der Waals surface area contributed by atoms with Gasteiger partial charge < -0.3 is 21.5 Å². The van der Waals surface area contributed by atoms with Crippen molar-refractivity contribution in [2.75, 3.05) is 44.2 Å². The Kier molecular flexibility index (Phi) is 9.18. The van der Waals surface area contributed by atoms with Crippen LogP contribution in [0.1, 0.15) is 12.8 Å². The lowest BCUT2D eigenvalue weighted by Gasteiger charge is -2.34. The quantitative estimate of drug-likeness (QED) is 0.126. The van der Waals surface area contributed by atoms with E-state index in [-0.39, 0.29) is 62.6 Å². The molecule has 1 fully saturated rings. The number of nitrogens with one attached hydrogen (secondary N) is 3. The maximum atomic E-state index is 13.1. The lowest BCUT2D eigenvalue weighted by molar-refractivity contribution is 0.259. The number of aromatic nitrogens is 4. The van der Waals surface area contributed by atoms with E-state index in [4.69, 9.17) is 16.6 Å². The van der Waals surface area contributed by atoms with E-state index in [2.05, 4.69) is 30.1 Å².